The van der Waals surface area contributed by atoms with Gasteiger partial charge in [0.1, 0.15) is 0 Å². The fourth-order valence-corrected chi connectivity index (χ4v) is 2.49. The molecule has 0 bridgehead atoms. The molecule has 4 nitrogen and oxygen atoms in total. The molecule has 2 aromatic carbocycles. The number of ketones is 1. The molecule has 1 amide bonds. The summed E-state index contributed by atoms with van der Waals surface area (Å²) in [6.07, 6.45) is 1.59. The number of fused-ring (bicyclic) bond motifs is 1. The van der Waals surface area contributed by atoms with Crippen molar-refractivity contribution in [2.24, 2.45) is 0 Å². The molecule has 0 spiro atoms. The molecule has 0 saturated heterocycles. The normalized spacial score (nSPS) is 10.6. The zero-order valence-corrected chi connectivity index (χ0v) is 12.4. The van der Waals surface area contributed by atoms with Gasteiger partial charge in [0.2, 0.25) is 0 Å². The molecule has 0 saturated carbocycles. The maximum Gasteiger partial charge on any atom is 0.296 e. The third-order valence-electron chi connectivity index (χ3n) is 3.67. The molecule has 0 aliphatic rings. The Labute approximate surface area is 128 Å². The van der Waals surface area contributed by atoms with Gasteiger partial charge in [-0.3, -0.25) is 9.59 Å². The predicted molar refractivity (Wildman–Crippen MR) is 87.2 cm³/mol. The lowest BCUT2D eigenvalue weighted by atomic mass is 10.0. The van der Waals surface area contributed by atoms with E-state index < -0.39 is 11.7 Å². The van der Waals surface area contributed by atoms with Crippen LogP contribution in [0.1, 0.15) is 21.5 Å². The Kier molecular flexibility index (Phi) is 3.51. The molecule has 1 heterocycles. The van der Waals surface area contributed by atoms with E-state index in [0.717, 1.165) is 22.0 Å². The van der Waals surface area contributed by atoms with Gasteiger partial charge in [-0.2, -0.15) is 0 Å². The lowest BCUT2D eigenvalue weighted by Crippen LogP contribution is -2.22. The lowest BCUT2D eigenvalue weighted by molar-refractivity contribution is -0.112. The van der Waals surface area contributed by atoms with Crippen molar-refractivity contribution in [3.05, 3.63) is 65.4 Å². The summed E-state index contributed by atoms with van der Waals surface area (Å²) in [4.78, 5) is 27.6. The number of Topliss-reactive ketones (excluding diaryl/α,β-unsaturated/α-hetero) is 1. The molecular formula is C18H16N2O2. The van der Waals surface area contributed by atoms with E-state index in [1.807, 2.05) is 44.2 Å². The molecule has 22 heavy (non-hydrogen) atoms. The minimum absolute atomic E-state index is 0.401. The summed E-state index contributed by atoms with van der Waals surface area (Å²) in [5, 5.41) is 3.44. The molecule has 4 heteroatoms. The van der Waals surface area contributed by atoms with Crippen molar-refractivity contribution in [2.75, 3.05) is 5.32 Å². The summed E-state index contributed by atoms with van der Waals surface area (Å²) in [6, 6.07) is 13.0. The van der Waals surface area contributed by atoms with Crippen LogP contribution in [0.5, 0.6) is 0 Å². The predicted octanol–water partition coefficient (Wildman–Crippen LogP) is 3.61. The largest absolute Gasteiger partial charge is 0.360 e. The van der Waals surface area contributed by atoms with E-state index in [2.05, 4.69) is 10.3 Å². The SMILES string of the molecule is Cc1ccc(NC(=O)C(=O)c2c[nH]c3cccc(C)c23)cc1. The van der Waals surface area contributed by atoms with E-state index in [1.54, 1.807) is 18.3 Å². The zero-order valence-electron chi connectivity index (χ0n) is 12.4. The number of aromatic nitrogens is 1. The smallest absolute Gasteiger partial charge is 0.296 e. The average Bonchev–Trinajstić information content (AvgIpc) is 2.94. The van der Waals surface area contributed by atoms with Gasteiger partial charge in [0, 0.05) is 22.8 Å². The molecular weight excluding hydrogens is 276 g/mol. The van der Waals surface area contributed by atoms with Crippen LogP contribution < -0.4 is 5.32 Å². The number of amides is 1. The monoisotopic (exact) mass is 292 g/mol. The van der Waals surface area contributed by atoms with E-state index in [-0.39, 0.29) is 0 Å². The van der Waals surface area contributed by atoms with Gasteiger partial charge < -0.3 is 10.3 Å². The van der Waals surface area contributed by atoms with Crippen LogP contribution in [0.4, 0.5) is 5.69 Å². The molecule has 0 fully saturated rings. The summed E-state index contributed by atoms with van der Waals surface area (Å²) < 4.78 is 0. The van der Waals surface area contributed by atoms with Crippen LogP contribution in [0.15, 0.2) is 48.7 Å². The van der Waals surface area contributed by atoms with Gasteiger partial charge in [-0.05, 0) is 37.6 Å². The number of rotatable bonds is 3. The van der Waals surface area contributed by atoms with Gasteiger partial charge in [0.05, 0.1) is 5.56 Å². The van der Waals surface area contributed by atoms with Gasteiger partial charge >= 0.3 is 0 Å². The number of aryl methyl sites for hydroxylation is 2. The number of H-pyrrole nitrogens is 1. The van der Waals surface area contributed by atoms with E-state index in [1.165, 1.54) is 0 Å². The van der Waals surface area contributed by atoms with Gasteiger partial charge in [0.25, 0.3) is 11.7 Å². The Bertz CT molecular complexity index is 860. The Balaban J connectivity index is 1.89. The fourth-order valence-electron chi connectivity index (χ4n) is 2.49. The minimum atomic E-state index is -0.631. The molecule has 3 aromatic rings. The fraction of sp³-hybridized carbons (Fsp3) is 0.111. The maximum atomic E-state index is 12.4. The minimum Gasteiger partial charge on any atom is -0.360 e. The van der Waals surface area contributed by atoms with E-state index in [0.29, 0.717) is 11.3 Å². The van der Waals surface area contributed by atoms with Crippen molar-refractivity contribution < 1.29 is 9.59 Å². The molecule has 0 aliphatic heterocycles. The van der Waals surface area contributed by atoms with Crippen molar-refractivity contribution in [1.29, 1.82) is 0 Å². The molecule has 110 valence electrons. The summed E-state index contributed by atoms with van der Waals surface area (Å²) >= 11 is 0. The van der Waals surface area contributed by atoms with Crippen LogP contribution >= 0.6 is 0 Å². The van der Waals surface area contributed by atoms with Crippen molar-refractivity contribution in [3.8, 4) is 0 Å². The Morgan fingerprint density at radius 1 is 1.00 bits per heavy atom. The highest BCUT2D eigenvalue weighted by atomic mass is 16.2. The molecule has 0 atom stereocenters. The van der Waals surface area contributed by atoms with Crippen LogP contribution in [-0.2, 0) is 4.79 Å². The highest BCUT2D eigenvalue weighted by Gasteiger charge is 2.20. The molecule has 0 radical (unpaired) electrons. The first kappa shape index (κ1) is 14.1. The second-order valence-corrected chi connectivity index (χ2v) is 5.35. The van der Waals surface area contributed by atoms with Crippen molar-refractivity contribution in [2.45, 2.75) is 13.8 Å². The van der Waals surface area contributed by atoms with Gasteiger partial charge in [-0.1, -0.05) is 29.8 Å². The van der Waals surface area contributed by atoms with Crippen LogP contribution in [-0.4, -0.2) is 16.7 Å². The third-order valence-corrected chi connectivity index (χ3v) is 3.67. The average molecular weight is 292 g/mol. The van der Waals surface area contributed by atoms with Crippen LogP contribution in [0.2, 0.25) is 0 Å². The van der Waals surface area contributed by atoms with Gasteiger partial charge in [-0.15, -0.1) is 0 Å². The van der Waals surface area contributed by atoms with E-state index in [9.17, 15) is 9.59 Å². The van der Waals surface area contributed by atoms with Crippen molar-refractivity contribution >= 4 is 28.3 Å². The summed E-state index contributed by atoms with van der Waals surface area (Å²) in [6.45, 7) is 3.89. The lowest BCUT2D eigenvalue weighted by Gasteiger charge is -2.05. The number of aromatic amines is 1. The van der Waals surface area contributed by atoms with E-state index in [4.69, 9.17) is 0 Å². The number of hydrogen-bond donors (Lipinski definition) is 2. The van der Waals surface area contributed by atoms with Crippen LogP contribution in [0, 0.1) is 13.8 Å². The number of carbonyl (C=O) groups is 2. The second kappa shape index (κ2) is 5.48. The first-order valence-electron chi connectivity index (χ1n) is 7.05. The number of benzene rings is 2. The zero-order chi connectivity index (χ0) is 15.7. The quantitative estimate of drug-likeness (QED) is 0.572. The van der Waals surface area contributed by atoms with E-state index >= 15 is 0 Å². The Morgan fingerprint density at radius 2 is 1.73 bits per heavy atom. The topological polar surface area (TPSA) is 62.0 Å². The molecule has 3 rings (SSSR count). The first-order chi connectivity index (χ1) is 10.6. The number of anilines is 1. The third kappa shape index (κ3) is 2.51. The second-order valence-electron chi connectivity index (χ2n) is 5.35. The summed E-state index contributed by atoms with van der Waals surface area (Å²) in [7, 11) is 0. The van der Waals surface area contributed by atoms with Crippen molar-refractivity contribution in [3.63, 3.8) is 0 Å². The number of nitrogens with one attached hydrogen (secondary N) is 2. The van der Waals surface area contributed by atoms with Gasteiger partial charge in [-0.25, -0.2) is 0 Å². The standard InChI is InChI=1S/C18H16N2O2/c1-11-6-8-13(9-7-11)20-18(22)17(21)14-10-19-15-5-3-4-12(2)16(14)15/h3-10,19H,1-2H3,(H,20,22). The highest BCUT2D eigenvalue weighted by molar-refractivity contribution is 6.48. The molecule has 2 N–H and O–H groups in total. The molecule has 0 aliphatic carbocycles. The van der Waals surface area contributed by atoms with Crippen LogP contribution in [0.3, 0.4) is 0 Å². The summed E-state index contributed by atoms with van der Waals surface area (Å²) in [5.74, 6) is -1.17. The number of carbonyl (C=O) groups excluding carboxylic acids is 2. The molecule has 1 aromatic heterocycles. The number of hydrogen-bond acceptors (Lipinski definition) is 2. The van der Waals surface area contributed by atoms with Gasteiger partial charge in [0.15, 0.2) is 0 Å². The maximum absolute atomic E-state index is 12.4. The molecule has 0 unspecified atom stereocenters. The Hall–Kier alpha value is -2.88. The van der Waals surface area contributed by atoms with Crippen molar-refractivity contribution in [1.82, 2.24) is 4.98 Å². The Morgan fingerprint density at radius 3 is 2.45 bits per heavy atom. The summed E-state index contributed by atoms with van der Waals surface area (Å²) in [5.41, 5.74) is 3.92. The highest BCUT2D eigenvalue weighted by Crippen LogP contribution is 2.22. The first-order valence-corrected chi connectivity index (χ1v) is 7.05. The van der Waals surface area contributed by atoms with Crippen LogP contribution in [0.25, 0.3) is 10.9 Å².